The highest BCUT2D eigenvalue weighted by atomic mass is 16.6. The molecule has 110 valence electrons. The van der Waals surface area contributed by atoms with E-state index in [1.165, 1.54) is 19.3 Å². The van der Waals surface area contributed by atoms with Crippen LogP contribution in [-0.2, 0) is 14.3 Å². The lowest BCUT2D eigenvalue weighted by Gasteiger charge is -2.31. The molecular weight excluding hydrogens is 242 g/mol. The van der Waals surface area contributed by atoms with E-state index in [0.717, 1.165) is 12.8 Å². The average molecular weight is 269 g/mol. The number of hydrogen-bond acceptors (Lipinski definition) is 3. The summed E-state index contributed by atoms with van der Waals surface area (Å²) in [6.45, 7) is 5.50. The first-order chi connectivity index (χ1) is 8.79. The third-order valence-corrected chi connectivity index (χ3v) is 3.48. The molecule has 1 fully saturated rings. The zero-order chi connectivity index (χ0) is 14.5. The van der Waals surface area contributed by atoms with Crippen LogP contribution in [0.4, 0.5) is 0 Å². The first-order valence-corrected chi connectivity index (χ1v) is 7.27. The summed E-state index contributed by atoms with van der Waals surface area (Å²) in [5, 5.41) is 0. The van der Waals surface area contributed by atoms with Gasteiger partial charge in [-0.25, -0.2) is 0 Å². The van der Waals surface area contributed by atoms with Gasteiger partial charge in [0, 0.05) is 19.5 Å². The minimum Gasteiger partial charge on any atom is -0.460 e. The van der Waals surface area contributed by atoms with Gasteiger partial charge in [-0.3, -0.25) is 9.59 Å². The lowest BCUT2D eigenvalue weighted by atomic mass is 9.94. The number of rotatable bonds is 4. The number of carbonyl (C=O) groups is 2. The van der Waals surface area contributed by atoms with Gasteiger partial charge in [-0.1, -0.05) is 19.3 Å². The molecule has 1 amide bonds. The van der Waals surface area contributed by atoms with Crippen molar-refractivity contribution in [2.24, 2.45) is 0 Å². The first kappa shape index (κ1) is 16.0. The molecule has 1 rings (SSSR count). The molecule has 0 aromatic heterocycles. The lowest BCUT2D eigenvalue weighted by molar-refractivity contribution is -0.156. The molecule has 0 heterocycles. The standard InChI is InChI=1S/C15H27NO3/c1-15(2,3)19-14(18)11-10-13(17)16(4)12-8-6-5-7-9-12/h12H,5-11H2,1-4H3. The number of amides is 1. The van der Waals surface area contributed by atoms with E-state index < -0.39 is 5.60 Å². The van der Waals surface area contributed by atoms with Crippen molar-refractivity contribution in [2.75, 3.05) is 7.05 Å². The van der Waals surface area contributed by atoms with Gasteiger partial charge in [0.1, 0.15) is 5.60 Å². The van der Waals surface area contributed by atoms with Crippen LogP contribution >= 0.6 is 0 Å². The fourth-order valence-electron chi connectivity index (χ4n) is 2.45. The molecule has 0 atom stereocenters. The Morgan fingerprint density at radius 2 is 1.68 bits per heavy atom. The number of nitrogens with zero attached hydrogens (tertiary/aromatic N) is 1. The number of esters is 1. The second-order valence-electron chi connectivity index (χ2n) is 6.38. The molecule has 0 aromatic rings. The van der Waals surface area contributed by atoms with Crippen molar-refractivity contribution in [1.82, 2.24) is 4.90 Å². The topological polar surface area (TPSA) is 46.6 Å². The Balaban J connectivity index is 2.32. The van der Waals surface area contributed by atoms with Crippen LogP contribution in [0.2, 0.25) is 0 Å². The van der Waals surface area contributed by atoms with E-state index in [1.54, 1.807) is 0 Å². The SMILES string of the molecule is CN(C(=O)CCC(=O)OC(C)(C)C)C1CCCCC1. The average Bonchev–Trinajstić information content (AvgIpc) is 2.34. The molecule has 0 bridgehead atoms. The highest BCUT2D eigenvalue weighted by molar-refractivity contribution is 5.81. The molecule has 0 unspecified atom stereocenters. The zero-order valence-electron chi connectivity index (χ0n) is 12.7. The van der Waals surface area contributed by atoms with Crippen LogP contribution in [-0.4, -0.2) is 35.5 Å². The fourth-order valence-corrected chi connectivity index (χ4v) is 2.45. The lowest BCUT2D eigenvalue weighted by Crippen LogP contribution is -2.38. The van der Waals surface area contributed by atoms with Gasteiger partial charge in [0.05, 0.1) is 6.42 Å². The highest BCUT2D eigenvalue weighted by Crippen LogP contribution is 2.22. The third-order valence-electron chi connectivity index (χ3n) is 3.48. The van der Waals surface area contributed by atoms with Crippen LogP contribution < -0.4 is 0 Å². The quantitative estimate of drug-likeness (QED) is 0.737. The molecule has 19 heavy (non-hydrogen) atoms. The second-order valence-corrected chi connectivity index (χ2v) is 6.38. The van der Waals surface area contributed by atoms with E-state index in [1.807, 2.05) is 32.7 Å². The molecule has 1 saturated carbocycles. The van der Waals surface area contributed by atoms with Crippen molar-refractivity contribution in [2.45, 2.75) is 77.4 Å². The Kier molecular flexibility index (Phi) is 5.83. The van der Waals surface area contributed by atoms with E-state index in [9.17, 15) is 9.59 Å². The van der Waals surface area contributed by atoms with Gasteiger partial charge in [-0.15, -0.1) is 0 Å². The molecule has 0 radical (unpaired) electrons. The Hall–Kier alpha value is -1.06. The zero-order valence-corrected chi connectivity index (χ0v) is 12.7. The maximum Gasteiger partial charge on any atom is 0.306 e. The summed E-state index contributed by atoms with van der Waals surface area (Å²) in [7, 11) is 1.85. The number of carbonyl (C=O) groups excluding carboxylic acids is 2. The van der Waals surface area contributed by atoms with E-state index in [0.29, 0.717) is 6.04 Å². The van der Waals surface area contributed by atoms with Crippen LogP contribution in [0.1, 0.15) is 65.7 Å². The molecule has 0 spiro atoms. The maximum absolute atomic E-state index is 12.0. The summed E-state index contributed by atoms with van der Waals surface area (Å²) in [5.41, 5.74) is -0.477. The molecule has 0 saturated heterocycles. The van der Waals surface area contributed by atoms with Crippen molar-refractivity contribution in [3.05, 3.63) is 0 Å². The van der Waals surface area contributed by atoms with Crippen LogP contribution in [0.15, 0.2) is 0 Å². The molecule has 0 aliphatic heterocycles. The molecular formula is C15H27NO3. The van der Waals surface area contributed by atoms with Crippen molar-refractivity contribution in [3.8, 4) is 0 Å². The molecule has 1 aliphatic carbocycles. The number of hydrogen-bond donors (Lipinski definition) is 0. The van der Waals surface area contributed by atoms with Gasteiger partial charge in [0.15, 0.2) is 0 Å². The summed E-state index contributed by atoms with van der Waals surface area (Å²) in [4.78, 5) is 25.4. The van der Waals surface area contributed by atoms with Crippen LogP contribution in [0.5, 0.6) is 0 Å². The minimum absolute atomic E-state index is 0.0535. The summed E-state index contributed by atoms with van der Waals surface area (Å²) >= 11 is 0. The van der Waals surface area contributed by atoms with Gasteiger partial charge in [0.2, 0.25) is 5.91 Å². The van der Waals surface area contributed by atoms with Crippen molar-refractivity contribution in [1.29, 1.82) is 0 Å². The van der Waals surface area contributed by atoms with Gasteiger partial charge >= 0.3 is 5.97 Å². The Morgan fingerprint density at radius 3 is 2.21 bits per heavy atom. The van der Waals surface area contributed by atoms with Crippen LogP contribution in [0, 0.1) is 0 Å². The Bertz CT molecular complexity index is 314. The van der Waals surface area contributed by atoms with Crippen LogP contribution in [0.3, 0.4) is 0 Å². The van der Waals surface area contributed by atoms with E-state index >= 15 is 0 Å². The molecule has 4 nitrogen and oxygen atoms in total. The summed E-state index contributed by atoms with van der Waals surface area (Å²) in [6.07, 6.45) is 6.29. The first-order valence-electron chi connectivity index (χ1n) is 7.27. The van der Waals surface area contributed by atoms with E-state index in [4.69, 9.17) is 4.74 Å². The molecule has 1 aliphatic rings. The van der Waals surface area contributed by atoms with Crippen molar-refractivity contribution >= 4 is 11.9 Å². The normalized spacial score (nSPS) is 17.1. The van der Waals surface area contributed by atoms with E-state index in [2.05, 4.69) is 0 Å². The maximum atomic E-state index is 12.0. The largest absolute Gasteiger partial charge is 0.460 e. The van der Waals surface area contributed by atoms with Gasteiger partial charge < -0.3 is 9.64 Å². The van der Waals surface area contributed by atoms with Crippen molar-refractivity contribution in [3.63, 3.8) is 0 Å². The van der Waals surface area contributed by atoms with Gasteiger partial charge in [0.25, 0.3) is 0 Å². The van der Waals surface area contributed by atoms with Gasteiger partial charge in [-0.2, -0.15) is 0 Å². The molecule has 0 aromatic carbocycles. The van der Waals surface area contributed by atoms with E-state index in [-0.39, 0.29) is 24.7 Å². The predicted octanol–water partition coefficient (Wildman–Crippen LogP) is 2.90. The smallest absolute Gasteiger partial charge is 0.306 e. The Morgan fingerprint density at radius 1 is 1.11 bits per heavy atom. The fraction of sp³-hybridized carbons (Fsp3) is 0.867. The van der Waals surface area contributed by atoms with Gasteiger partial charge in [-0.05, 0) is 33.6 Å². The molecule has 4 heteroatoms. The molecule has 0 N–H and O–H groups in total. The summed E-state index contributed by atoms with van der Waals surface area (Å²) in [5.74, 6) is -0.240. The highest BCUT2D eigenvalue weighted by Gasteiger charge is 2.23. The predicted molar refractivity (Wildman–Crippen MR) is 74.7 cm³/mol. The van der Waals surface area contributed by atoms with Crippen molar-refractivity contribution < 1.29 is 14.3 Å². The summed E-state index contributed by atoms with van der Waals surface area (Å²) < 4.78 is 5.20. The minimum atomic E-state index is -0.477. The number of ether oxygens (including phenoxy) is 1. The third kappa shape index (κ3) is 6.08. The van der Waals surface area contributed by atoms with Crippen LogP contribution in [0.25, 0.3) is 0 Å². The Labute approximate surface area is 116 Å². The monoisotopic (exact) mass is 269 g/mol. The second kappa shape index (κ2) is 6.92. The summed E-state index contributed by atoms with van der Waals surface area (Å²) in [6, 6.07) is 0.361.